The Balaban J connectivity index is 1.32. The van der Waals surface area contributed by atoms with Crippen LogP contribution in [-0.4, -0.2) is 46.6 Å². The molecule has 2 atom stereocenters. The largest absolute Gasteiger partial charge is 0.381 e. The standard InChI is InChI=1S/C21H28FN5O2/c1-14-13-29-12-10-18(14)24-21(28)23-11-2-3-19-25-26-20(15-4-5-15)27(19)17-8-6-16(22)7-9-17/h6-9,14-15,18H,2-5,10-13H2,1H3,(H2,23,24,28). The molecular formula is C21H28FN5O2. The van der Waals surface area contributed by atoms with E-state index in [2.05, 4.69) is 27.8 Å². The number of benzene rings is 1. The Bertz CT molecular complexity index is 834. The second-order valence-electron chi connectivity index (χ2n) is 8.01. The maximum absolute atomic E-state index is 13.3. The molecule has 2 unspecified atom stereocenters. The van der Waals surface area contributed by atoms with Gasteiger partial charge in [-0.05, 0) is 55.9 Å². The first-order valence-electron chi connectivity index (χ1n) is 10.4. The minimum atomic E-state index is -0.259. The van der Waals surface area contributed by atoms with Gasteiger partial charge in [-0.1, -0.05) is 6.92 Å². The maximum atomic E-state index is 13.3. The summed E-state index contributed by atoms with van der Waals surface area (Å²) in [5, 5.41) is 14.7. The van der Waals surface area contributed by atoms with Crippen molar-refractivity contribution in [2.45, 2.75) is 51.0 Å². The number of nitrogens with zero attached hydrogens (tertiary/aromatic N) is 3. The van der Waals surface area contributed by atoms with Gasteiger partial charge in [-0.2, -0.15) is 0 Å². The van der Waals surface area contributed by atoms with E-state index in [9.17, 15) is 9.18 Å². The predicted molar refractivity (Wildman–Crippen MR) is 107 cm³/mol. The molecule has 0 bridgehead atoms. The van der Waals surface area contributed by atoms with Crippen molar-refractivity contribution in [2.24, 2.45) is 5.92 Å². The monoisotopic (exact) mass is 401 g/mol. The van der Waals surface area contributed by atoms with Gasteiger partial charge in [0.25, 0.3) is 0 Å². The lowest BCUT2D eigenvalue weighted by molar-refractivity contribution is 0.0419. The number of rotatable bonds is 7. The van der Waals surface area contributed by atoms with E-state index in [1.165, 1.54) is 12.1 Å². The summed E-state index contributed by atoms with van der Waals surface area (Å²) in [6.45, 7) is 4.02. The third kappa shape index (κ3) is 4.93. The number of hydrogen-bond donors (Lipinski definition) is 2. The normalized spacial score (nSPS) is 21.7. The van der Waals surface area contributed by atoms with Crippen LogP contribution in [0, 0.1) is 11.7 Å². The highest BCUT2D eigenvalue weighted by Gasteiger charge is 2.30. The van der Waals surface area contributed by atoms with Crippen molar-refractivity contribution in [1.29, 1.82) is 0 Å². The highest BCUT2D eigenvalue weighted by Crippen LogP contribution is 2.40. The number of halogens is 1. The fourth-order valence-corrected chi connectivity index (χ4v) is 3.73. The van der Waals surface area contributed by atoms with Crippen LogP contribution >= 0.6 is 0 Å². The first-order chi connectivity index (χ1) is 14.1. The Morgan fingerprint density at radius 1 is 1.24 bits per heavy atom. The zero-order valence-electron chi connectivity index (χ0n) is 16.7. The summed E-state index contributed by atoms with van der Waals surface area (Å²) in [5.41, 5.74) is 0.882. The van der Waals surface area contributed by atoms with E-state index in [1.54, 1.807) is 12.1 Å². The van der Waals surface area contributed by atoms with E-state index < -0.39 is 0 Å². The average Bonchev–Trinajstić information content (AvgIpc) is 3.48. The van der Waals surface area contributed by atoms with E-state index in [0.29, 0.717) is 38.0 Å². The third-order valence-corrected chi connectivity index (χ3v) is 5.60. The summed E-state index contributed by atoms with van der Waals surface area (Å²) in [7, 11) is 0. The average molecular weight is 401 g/mol. The number of ether oxygens (including phenoxy) is 1. The number of amides is 2. The molecule has 2 amide bonds. The Hall–Kier alpha value is -2.48. The highest BCUT2D eigenvalue weighted by atomic mass is 19.1. The summed E-state index contributed by atoms with van der Waals surface area (Å²) in [6, 6.07) is 6.45. The van der Waals surface area contributed by atoms with Crippen LogP contribution in [0.2, 0.25) is 0 Å². The third-order valence-electron chi connectivity index (χ3n) is 5.60. The van der Waals surface area contributed by atoms with Gasteiger partial charge < -0.3 is 15.4 Å². The Kier molecular flexibility index (Phi) is 6.08. The summed E-state index contributed by atoms with van der Waals surface area (Å²) in [4.78, 5) is 12.2. The molecule has 1 aliphatic carbocycles. The summed E-state index contributed by atoms with van der Waals surface area (Å²) in [5.74, 6) is 2.30. The lowest BCUT2D eigenvalue weighted by Crippen LogP contribution is -2.48. The summed E-state index contributed by atoms with van der Waals surface area (Å²) in [6.07, 6.45) is 4.52. The van der Waals surface area contributed by atoms with Crippen LogP contribution in [0.4, 0.5) is 9.18 Å². The molecule has 2 N–H and O–H groups in total. The highest BCUT2D eigenvalue weighted by molar-refractivity contribution is 5.74. The quantitative estimate of drug-likeness (QED) is 0.699. The van der Waals surface area contributed by atoms with Crippen molar-refractivity contribution in [3.05, 3.63) is 41.7 Å². The van der Waals surface area contributed by atoms with Crippen LogP contribution in [0.25, 0.3) is 5.69 Å². The van der Waals surface area contributed by atoms with Crippen LogP contribution in [-0.2, 0) is 11.2 Å². The SMILES string of the molecule is CC1COCCC1NC(=O)NCCCc1nnc(C2CC2)n1-c1ccc(F)cc1. The second kappa shape index (κ2) is 8.90. The molecular weight excluding hydrogens is 373 g/mol. The Labute approximate surface area is 170 Å². The van der Waals surface area contributed by atoms with Gasteiger partial charge in [-0.25, -0.2) is 9.18 Å². The van der Waals surface area contributed by atoms with Crippen molar-refractivity contribution in [2.75, 3.05) is 19.8 Å². The van der Waals surface area contributed by atoms with Gasteiger partial charge in [0.05, 0.1) is 6.61 Å². The van der Waals surface area contributed by atoms with Crippen molar-refractivity contribution in [3.8, 4) is 5.69 Å². The number of aryl methyl sites for hydroxylation is 1. The molecule has 1 aromatic carbocycles. The molecule has 7 nitrogen and oxygen atoms in total. The molecule has 0 radical (unpaired) electrons. The van der Waals surface area contributed by atoms with E-state index in [0.717, 1.165) is 43.0 Å². The van der Waals surface area contributed by atoms with Crippen molar-refractivity contribution in [1.82, 2.24) is 25.4 Å². The van der Waals surface area contributed by atoms with Crippen LogP contribution < -0.4 is 10.6 Å². The molecule has 2 heterocycles. The van der Waals surface area contributed by atoms with E-state index >= 15 is 0 Å². The van der Waals surface area contributed by atoms with Crippen molar-refractivity contribution in [3.63, 3.8) is 0 Å². The van der Waals surface area contributed by atoms with E-state index in [1.807, 2.05) is 4.57 Å². The first kappa shape index (κ1) is 19.8. The lowest BCUT2D eigenvalue weighted by atomic mass is 9.98. The van der Waals surface area contributed by atoms with Gasteiger partial charge in [-0.15, -0.1) is 10.2 Å². The minimum Gasteiger partial charge on any atom is -0.381 e. The van der Waals surface area contributed by atoms with Crippen molar-refractivity contribution < 1.29 is 13.9 Å². The Morgan fingerprint density at radius 3 is 2.76 bits per heavy atom. The number of carbonyl (C=O) groups is 1. The number of carbonyl (C=O) groups excluding carboxylic acids is 1. The summed E-state index contributed by atoms with van der Waals surface area (Å²) < 4.78 is 20.8. The summed E-state index contributed by atoms with van der Waals surface area (Å²) >= 11 is 0. The zero-order valence-corrected chi connectivity index (χ0v) is 16.7. The van der Waals surface area contributed by atoms with E-state index in [4.69, 9.17) is 4.74 Å². The molecule has 8 heteroatoms. The molecule has 29 heavy (non-hydrogen) atoms. The molecule has 0 spiro atoms. The van der Waals surface area contributed by atoms with Gasteiger partial charge in [0.1, 0.15) is 17.5 Å². The van der Waals surface area contributed by atoms with Crippen LogP contribution in [0.1, 0.15) is 50.2 Å². The van der Waals surface area contributed by atoms with Gasteiger partial charge in [0.2, 0.25) is 0 Å². The molecule has 1 aromatic heterocycles. The fraction of sp³-hybridized carbons (Fsp3) is 0.571. The van der Waals surface area contributed by atoms with E-state index in [-0.39, 0.29) is 17.9 Å². The predicted octanol–water partition coefficient (Wildman–Crippen LogP) is 2.94. The van der Waals surface area contributed by atoms with Crippen LogP contribution in [0.3, 0.4) is 0 Å². The number of nitrogens with one attached hydrogen (secondary N) is 2. The molecule has 1 saturated heterocycles. The topological polar surface area (TPSA) is 81.1 Å². The minimum absolute atomic E-state index is 0.137. The molecule has 1 saturated carbocycles. The number of urea groups is 1. The number of hydrogen-bond acceptors (Lipinski definition) is 4. The van der Waals surface area contributed by atoms with Gasteiger partial charge in [-0.3, -0.25) is 4.57 Å². The second-order valence-corrected chi connectivity index (χ2v) is 8.01. The van der Waals surface area contributed by atoms with Crippen LogP contribution in [0.5, 0.6) is 0 Å². The fourth-order valence-electron chi connectivity index (χ4n) is 3.73. The molecule has 2 aliphatic rings. The van der Waals surface area contributed by atoms with Crippen LogP contribution in [0.15, 0.2) is 24.3 Å². The molecule has 156 valence electrons. The van der Waals surface area contributed by atoms with Gasteiger partial charge in [0.15, 0.2) is 0 Å². The molecule has 4 rings (SSSR count). The van der Waals surface area contributed by atoms with Gasteiger partial charge in [0, 0.05) is 37.2 Å². The Morgan fingerprint density at radius 2 is 2.03 bits per heavy atom. The van der Waals surface area contributed by atoms with Gasteiger partial charge >= 0.3 is 6.03 Å². The first-order valence-corrected chi connectivity index (χ1v) is 10.4. The number of aromatic nitrogens is 3. The van der Waals surface area contributed by atoms with Crippen molar-refractivity contribution >= 4 is 6.03 Å². The molecule has 2 aromatic rings. The molecule has 1 aliphatic heterocycles. The smallest absolute Gasteiger partial charge is 0.315 e. The lowest BCUT2D eigenvalue weighted by Gasteiger charge is -2.29. The maximum Gasteiger partial charge on any atom is 0.315 e. The zero-order chi connectivity index (χ0) is 20.2. The molecule has 2 fully saturated rings.